The zero-order valence-corrected chi connectivity index (χ0v) is 13.7. The molecule has 0 heterocycles. The Balaban J connectivity index is 1.55. The smallest absolute Gasteiger partial charge is 0.314 e. The minimum absolute atomic E-state index is 0.0968. The molecule has 0 fully saturated rings. The van der Waals surface area contributed by atoms with Crippen LogP contribution in [-0.4, -0.2) is 24.9 Å². The van der Waals surface area contributed by atoms with E-state index in [-0.39, 0.29) is 6.03 Å². The van der Waals surface area contributed by atoms with Crippen LogP contribution in [0.15, 0.2) is 59.5 Å². The lowest BCUT2D eigenvalue weighted by Crippen LogP contribution is -2.37. The summed E-state index contributed by atoms with van der Waals surface area (Å²) in [6.07, 6.45) is 0.854. The molecule has 0 radical (unpaired) electrons. The standard InChI is InChI=1S/C18H22N2OS/c1-15-7-9-17(10-8-15)22-14-13-20-18(21)19-12-11-16-5-3-2-4-6-16/h2-10H,11-14H2,1H3,(H2,19,20,21). The molecule has 4 heteroatoms. The number of nitrogens with one attached hydrogen (secondary N) is 2. The van der Waals surface area contributed by atoms with Gasteiger partial charge in [0.25, 0.3) is 0 Å². The molecule has 2 aromatic rings. The Morgan fingerprint density at radius 1 is 0.955 bits per heavy atom. The summed E-state index contributed by atoms with van der Waals surface area (Å²) in [5, 5.41) is 5.76. The van der Waals surface area contributed by atoms with Gasteiger partial charge in [0.15, 0.2) is 0 Å². The fraction of sp³-hybridized carbons (Fsp3) is 0.278. The number of urea groups is 1. The first kappa shape index (κ1) is 16.4. The Labute approximate surface area is 136 Å². The van der Waals surface area contributed by atoms with Crippen LogP contribution in [0.2, 0.25) is 0 Å². The van der Waals surface area contributed by atoms with E-state index in [0.717, 1.165) is 12.2 Å². The van der Waals surface area contributed by atoms with Crippen molar-refractivity contribution in [1.82, 2.24) is 10.6 Å². The molecule has 0 saturated carbocycles. The van der Waals surface area contributed by atoms with Gasteiger partial charge < -0.3 is 10.6 Å². The first-order chi connectivity index (χ1) is 10.7. The molecule has 3 nitrogen and oxygen atoms in total. The molecule has 0 bridgehead atoms. The molecule has 0 aliphatic rings. The van der Waals surface area contributed by atoms with Crippen LogP contribution in [0.25, 0.3) is 0 Å². The third-order valence-corrected chi connectivity index (χ3v) is 4.23. The van der Waals surface area contributed by atoms with Crippen LogP contribution in [0, 0.1) is 6.92 Å². The second kappa shape index (κ2) is 9.15. The van der Waals surface area contributed by atoms with Crippen LogP contribution in [0.3, 0.4) is 0 Å². The van der Waals surface area contributed by atoms with Gasteiger partial charge in [-0.15, -0.1) is 11.8 Å². The van der Waals surface area contributed by atoms with E-state index in [9.17, 15) is 4.79 Å². The van der Waals surface area contributed by atoms with Crippen LogP contribution >= 0.6 is 11.8 Å². The quantitative estimate of drug-likeness (QED) is 0.605. The maximum absolute atomic E-state index is 11.7. The molecular weight excluding hydrogens is 292 g/mol. The van der Waals surface area contributed by atoms with E-state index in [1.165, 1.54) is 16.0 Å². The van der Waals surface area contributed by atoms with Gasteiger partial charge in [-0.3, -0.25) is 0 Å². The molecule has 0 aliphatic heterocycles. The number of amides is 2. The average Bonchev–Trinajstić information content (AvgIpc) is 2.54. The zero-order valence-electron chi connectivity index (χ0n) is 12.8. The summed E-state index contributed by atoms with van der Waals surface area (Å²) in [5.74, 6) is 0.870. The van der Waals surface area contributed by atoms with Crippen molar-refractivity contribution in [2.24, 2.45) is 0 Å². The number of hydrogen-bond donors (Lipinski definition) is 2. The van der Waals surface area contributed by atoms with Crippen molar-refractivity contribution < 1.29 is 4.79 Å². The third-order valence-electron chi connectivity index (χ3n) is 3.22. The first-order valence-electron chi connectivity index (χ1n) is 7.49. The van der Waals surface area contributed by atoms with Crippen LogP contribution in [0.1, 0.15) is 11.1 Å². The minimum Gasteiger partial charge on any atom is -0.338 e. The van der Waals surface area contributed by atoms with Crippen molar-refractivity contribution in [3.8, 4) is 0 Å². The summed E-state index contributed by atoms with van der Waals surface area (Å²) < 4.78 is 0. The van der Waals surface area contributed by atoms with Gasteiger partial charge in [0.05, 0.1) is 0 Å². The summed E-state index contributed by atoms with van der Waals surface area (Å²) in [5.41, 5.74) is 2.50. The van der Waals surface area contributed by atoms with Crippen LogP contribution < -0.4 is 10.6 Å². The molecule has 0 unspecified atom stereocenters. The maximum atomic E-state index is 11.7. The van der Waals surface area contributed by atoms with E-state index in [0.29, 0.717) is 13.1 Å². The summed E-state index contributed by atoms with van der Waals surface area (Å²) in [7, 11) is 0. The number of rotatable bonds is 7. The molecule has 0 aromatic heterocycles. The molecule has 2 rings (SSSR count). The fourth-order valence-corrected chi connectivity index (χ4v) is 2.76. The minimum atomic E-state index is -0.0968. The number of hydrogen-bond acceptors (Lipinski definition) is 2. The second-order valence-electron chi connectivity index (χ2n) is 5.08. The van der Waals surface area contributed by atoms with Crippen LogP contribution in [0.4, 0.5) is 4.79 Å². The summed E-state index contributed by atoms with van der Waals surface area (Å²) >= 11 is 1.75. The van der Waals surface area contributed by atoms with Gasteiger partial charge in [-0.1, -0.05) is 48.0 Å². The van der Waals surface area contributed by atoms with E-state index in [2.05, 4.69) is 54.0 Å². The Hall–Kier alpha value is -1.94. The molecule has 2 amide bonds. The Morgan fingerprint density at radius 3 is 2.36 bits per heavy atom. The first-order valence-corrected chi connectivity index (χ1v) is 8.48. The molecule has 0 aliphatic carbocycles. The van der Waals surface area contributed by atoms with Gasteiger partial charge in [-0.2, -0.15) is 0 Å². The predicted molar refractivity (Wildman–Crippen MR) is 93.5 cm³/mol. The highest BCUT2D eigenvalue weighted by Gasteiger charge is 2.00. The van der Waals surface area contributed by atoms with Crippen molar-refractivity contribution in [1.29, 1.82) is 0 Å². The van der Waals surface area contributed by atoms with Gasteiger partial charge in [0.2, 0.25) is 0 Å². The third kappa shape index (κ3) is 6.22. The second-order valence-corrected chi connectivity index (χ2v) is 6.25. The lowest BCUT2D eigenvalue weighted by atomic mass is 10.1. The van der Waals surface area contributed by atoms with Gasteiger partial charge in [-0.05, 0) is 31.0 Å². The molecule has 0 spiro atoms. The van der Waals surface area contributed by atoms with Crippen LogP contribution in [-0.2, 0) is 6.42 Å². The summed E-state index contributed by atoms with van der Waals surface area (Å²) in [6.45, 7) is 3.40. The Bertz CT molecular complexity index is 569. The monoisotopic (exact) mass is 314 g/mol. The molecule has 2 N–H and O–H groups in total. The number of thioether (sulfide) groups is 1. The van der Waals surface area contributed by atoms with Crippen molar-refractivity contribution in [3.63, 3.8) is 0 Å². The van der Waals surface area contributed by atoms with E-state index in [4.69, 9.17) is 0 Å². The summed E-state index contributed by atoms with van der Waals surface area (Å²) in [6, 6.07) is 18.5. The van der Waals surface area contributed by atoms with Crippen molar-refractivity contribution in [3.05, 3.63) is 65.7 Å². The van der Waals surface area contributed by atoms with Gasteiger partial charge >= 0.3 is 6.03 Å². The highest BCUT2D eigenvalue weighted by Crippen LogP contribution is 2.17. The van der Waals surface area contributed by atoms with Gasteiger partial charge in [0, 0.05) is 23.7 Å². The van der Waals surface area contributed by atoms with Crippen molar-refractivity contribution >= 4 is 17.8 Å². The average molecular weight is 314 g/mol. The molecule has 2 aromatic carbocycles. The number of benzene rings is 2. The zero-order chi connectivity index (χ0) is 15.6. The largest absolute Gasteiger partial charge is 0.338 e. The predicted octanol–water partition coefficient (Wildman–Crippen LogP) is 3.63. The molecule has 116 valence electrons. The Kier molecular flexibility index (Phi) is 6.84. The topological polar surface area (TPSA) is 41.1 Å². The van der Waals surface area contributed by atoms with E-state index >= 15 is 0 Å². The molecular formula is C18H22N2OS. The van der Waals surface area contributed by atoms with Crippen molar-refractivity contribution in [2.45, 2.75) is 18.2 Å². The lowest BCUT2D eigenvalue weighted by molar-refractivity contribution is 0.241. The van der Waals surface area contributed by atoms with Gasteiger partial charge in [0.1, 0.15) is 0 Å². The van der Waals surface area contributed by atoms with Gasteiger partial charge in [-0.25, -0.2) is 4.79 Å². The van der Waals surface area contributed by atoms with E-state index < -0.39 is 0 Å². The number of carbonyl (C=O) groups excluding carboxylic acids is 1. The lowest BCUT2D eigenvalue weighted by Gasteiger charge is -2.07. The van der Waals surface area contributed by atoms with E-state index in [1.54, 1.807) is 11.8 Å². The summed E-state index contributed by atoms with van der Waals surface area (Å²) in [4.78, 5) is 12.9. The highest BCUT2D eigenvalue weighted by atomic mass is 32.2. The van der Waals surface area contributed by atoms with Crippen molar-refractivity contribution in [2.75, 3.05) is 18.8 Å². The number of aryl methyl sites for hydroxylation is 1. The van der Waals surface area contributed by atoms with Crippen LogP contribution in [0.5, 0.6) is 0 Å². The molecule has 22 heavy (non-hydrogen) atoms. The maximum Gasteiger partial charge on any atom is 0.314 e. The normalized spacial score (nSPS) is 10.2. The Morgan fingerprint density at radius 2 is 1.64 bits per heavy atom. The molecule has 0 atom stereocenters. The fourth-order valence-electron chi connectivity index (χ4n) is 2.00. The van der Waals surface area contributed by atoms with E-state index in [1.807, 2.05) is 18.2 Å². The molecule has 0 saturated heterocycles. The SMILES string of the molecule is Cc1ccc(SCCNC(=O)NCCc2ccccc2)cc1. The highest BCUT2D eigenvalue weighted by molar-refractivity contribution is 7.99. The number of carbonyl (C=O) groups is 1.